The van der Waals surface area contributed by atoms with Gasteiger partial charge in [-0.3, -0.25) is 9.59 Å². The second-order valence-electron chi connectivity index (χ2n) is 5.54. The summed E-state index contributed by atoms with van der Waals surface area (Å²) in [5, 5.41) is 8.27. The number of rotatable bonds is 3. The average molecular weight is 327 g/mol. The highest BCUT2D eigenvalue weighted by Crippen LogP contribution is 2.21. The van der Waals surface area contributed by atoms with Crippen LogP contribution in [0.25, 0.3) is 5.69 Å². The fourth-order valence-corrected chi connectivity index (χ4v) is 2.71. The Morgan fingerprint density at radius 3 is 2.58 bits per heavy atom. The molecule has 0 bridgehead atoms. The predicted molar refractivity (Wildman–Crippen MR) is 79.2 cm³/mol. The summed E-state index contributed by atoms with van der Waals surface area (Å²) < 4.78 is 4.68. The maximum Gasteiger partial charge on any atom is 0.417 e. The third-order valence-corrected chi connectivity index (χ3v) is 4.00. The van der Waals surface area contributed by atoms with E-state index in [4.69, 9.17) is 0 Å². The number of carbonyl (C=O) groups excluding carboxylic acids is 3. The number of likely N-dealkylation sites (tertiary alicyclic amines) is 1. The minimum Gasteiger partial charge on any atom is -0.439 e. The first kappa shape index (κ1) is 14.4. The van der Waals surface area contributed by atoms with E-state index in [9.17, 15) is 14.4 Å². The number of hydrogen-bond donors (Lipinski definition) is 0. The fourth-order valence-electron chi connectivity index (χ4n) is 2.71. The highest BCUT2D eigenvalue weighted by molar-refractivity contribution is 5.99. The van der Waals surface area contributed by atoms with E-state index in [1.54, 1.807) is 0 Å². The zero-order valence-electron chi connectivity index (χ0n) is 12.5. The number of nitrogens with zero attached hydrogens (tertiary/aromatic N) is 5. The molecule has 0 spiro atoms. The second kappa shape index (κ2) is 5.44. The van der Waals surface area contributed by atoms with Gasteiger partial charge in [0.1, 0.15) is 0 Å². The van der Waals surface area contributed by atoms with E-state index < -0.39 is 6.09 Å². The monoisotopic (exact) mass is 327 g/mol. The molecule has 1 aromatic heterocycles. The zero-order valence-corrected chi connectivity index (χ0v) is 12.5. The summed E-state index contributed by atoms with van der Waals surface area (Å²) in [6.07, 6.45) is 0.755. The Morgan fingerprint density at radius 1 is 1.17 bits per heavy atom. The summed E-state index contributed by atoms with van der Waals surface area (Å²) in [5.41, 5.74) is 0.969. The quantitative estimate of drug-likeness (QED) is 0.791. The number of imide groups is 1. The summed E-state index contributed by atoms with van der Waals surface area (Å²) >= 11 is 0. The van der Waals surface area contributed by atoms with E-state index >= 15 is 0 Å². The number of amides is 3. The average Bonchev–Trinajstić information content (AvgIpc) is 3.16. The smallest absolute Gasteiger partial charge is 0.417 e. The molecule has 2 fully saturated rings. The van der Waals surface area contributed by atoms with Gasteiger partial charge in [-0.15, -0.1) is 5.10 Å². The van der Waals surface area contributed by atoms with Crippen LogP contribution in [0.5, 0.6) is 0 Å². The van der Waals surface area contributed by atoms with Crippen molar-refractivity contribution in [2.24, 2.45) is 0 Å². The number of hydrogen-bond acceptors (Lipinski definition) is 6. The van der Waals surface area contributed by atoms with E-state index in [-0.39, 0.29) is 43.2 Å². The Kier molecular flexibility index (Phi) is 3.26. The van der Waals surface area contributed by atoms with Gasteiger partial charge < -0.3 is 9.64 Å². The van der Waals surface area contributed by atoms with E-state index in [0.717, 1.165) is 10.6 Å². The Labute approximate surface area is 136 Å². The van der Waals surface area contributed by atoms with E-state index in [1.807, 2.05) is 30.3 Å². The van der Waals surface area contributed by atoms with Gasteiger partial charge in [0, 0.05) is 13.1 Å². The molecule has 0 aliphatic carbocycles. The summed E-state index contributed by atoms with van der Waals surface area (Å²) in [7, 11) is 0. The molecule has 2 saturated heterocycles. The third-order valence-electron chi connectivity index (χ3n) is 4.00. The molecule has 1 aromatic carbocycles. The lowest BCUT2D eigenvalue weighted by atomic mass is 10.1. The fraction of sp³-hybridized carbons (Fsp3) is 0.267. The van der Waals surface area contributed by atoms with Crippen molar-refractivity contribution < 1.29 is 19.1 Å². The standard InChI is InChI=1S/C15H13N5O4/c21-13-9-24-15(23)19(13)11-7-18(8-11)14(22)12-6-16-20(17-12)10-4-2-1-3-5-10/h1-6,11H,7-9H2. The molecular formula is C15H13N5O4. The zero-order chi connectivity index (χ0) is 16.7. The summed E-state index contributed by atoms with van der Waals surface area (Å²) in [6, 6.07) is 8.92. The highest BCUT2D eigenvalue weighted by atomic mass is 16.6. The van der Waals surface area contributed by atoms with Crippen molar-refractivity contribution in [3.63, 3.8) is 0 Å². The SMILES string of the molecule is O=C(c1cnn(-c2ccccc2)n1)N1CC(N2C(=O)COC2=O)C1. The van der Waals surface area contributed by atoms with Crippen LogP contribution in [0, 0.1) is 0 Å². The van der Waals surface area contributed by atoms with Gasteiger partial charge in [0.2, 0.25) is 0 Å². The van der Waals surface area contributed by atoms with Gasteiger partial charge in [0.15, 0.2) is 12.3 Å². The van der Waals surface area contributed by atoms with Gasteiger partial charge in [0.25, 0.3) is 11.8 Å². The van der Waals surface area contributed by atoms with Gasteiger partial charge in [-0.1, -0.05) is 18.2 Å². The van der Waals surface area contributed by atoms with E-state index in [1.165, 1.54) is 15.9 Å². The van der Waals surface area contributed by atoms with Gasteiger partial charge in [-0.2, -0.15) is 9.90 Å². The maximum absolute atomic E-state index is 12.4. The molecule has 9 heteroatoms. The van der Waals surface area contributed by atoms with Crippen molar-refractivity contribution in [3.8, 4) is 5.69 Å². The molecule has 24 heavy (non-hydrogen) atoms. The van der Waals surface area contributed by atoms with Crippen LogP contribution >= 0.6 is 0 Å². The van der Waals surface area contributed by atoms with Crippen LogP contribution in [0.2, 0.25) is 0 Å². The summed E-state index contributed by atoms with van der Waals surface area (Å²) in [5.74, 6) is -0.652. The molecule has 3 amide bonds. The molecule has 2 aliphatic heterocycles. The van der Waals surface area contributed by atoms with Crippen molar-refractivity contribution in [3.05, 3.63) is 42.2 Å². The van der Waals surface area contributed by atoms with E-state index in [2.05, 4.69) is 14.9 Å². The Hall–Kier alpha value is -3.23. The third kappa shape index (κ3) is 2.30. The lowest BCUT2D eigenvalue weighted by Gasteiger charge is -2.41. The Morgan fingerprint density at radius 2 is 1.92 bits per heavy atom. The lowest BCUT2D eigenvalue weighted by molar-refractivity contribution is -0.129. The van der Waals surface area contributed by atoms with Gasteiger partial charge in [-0.25, -0.2) is 9.69 Å². The van der Waals surface area contributed by atoms with Crippen LogP contribution in [0.15, 0.2) is 36.5 Å². The largest absolute Gasteiger partial charge is 0.439 e. The second-order valence-corrected chi connectivity index (χ2v) is 5.54. The first-order valence-corrected chi connectivity index (χ1v) is 7.39. The van der Waals surface area contributed by atoms with Crippen molar-refractivity contribution >= 4 is 17.9 Å². The molecule has 0 atom stereocenters. The number of para-hydroxylation sites is 1. The van der Waals surface area contributed by atoms with Crippen LogP contribution in [-0.2, 0) is 9.53 Å². The van der Waals surface area contributed by atoms with Crippen molar-refractivity contribution in [2.45, 2.75) is 6.04 Å². The van der Waals surface area contributed by atoms with Gasteiger partial charge in [0.05, 0.1) is 17.9 Å². The number of aromatic nitrogens is 3. The topological polar surface area (TPSA) is 97.6 Å². The molecule has 2 aromatic rings. The maximum atomic E-state index is 12.4. The molecule has 4 rings (SSSR count). The number of cyclic esters (lactones) is 1. The van der Waals surface area contributed by atoms with Crippen LogP contribution in [0.1, 0.15) is 10.5 Å². The number of carbonyl (C=O) groups is 3. The van der Waals surface area contributed by atoms with Crippen molar-refractivity contribution in [1.82, 2.24) is 24.8 Å². The molecular weight excluding hydrogens is 314 g/mol. The highest BCUT2D eigenvalue weighted by Gasteiger charge is 2.44. The van der Waals surface area contributed by atoms with Crippen molar-refractivity contribution in [2.75, 3.05) is 19.7 Å². The predicted octanol–water partition coefficient (Wildman–Crippen LogP) is 0.0705. The first-order valence-electron chi connectivity index (χ1n) is 7.39. The van der Waals surface area contributed by atoms with Gasteiger partial charge in [-0.05, 0) is 12.1 Å². The molecule has 0 N–H and O–H groups in total. The summed E-state index contributed by atoms with van der Waals surface area (Å²) in [4.78, 5) is 39.4. The van der Waals surface area contributed by atoms with Crippen LogP contribution in [0.4, 0.5) is 4.79 Å². The van der Waals surface area contributed by atoms with Crippen LogP contribution < -0.4 is 0 Å². The first-order chi connectivity index (χ1) is 11.6. The van der Waals surface area contributed by atoms with Crippen molar-refractivity contribution in [1.29, 1.82) is 0 Å². The Balaban J connectivity index is 1.42. The molecule has 9 nitrogen and oxygen atoms in total. The van der Waals surface area contributed by atoms with E-state index in [0.29, 0.717) is 0 Å². The molecule has 3 heterocycles. The minimum atomic E-state index is -0.646. The van der Waals surface area contributed by atoms with Gasteiger partial charge >= 0.3 is 6.09 Å². The molecule has 122 valence electrons. The van der Waals surface area contributed by atoms with Crippen LogP contribution in [0.3, 0.4) is 0 Å². The molecule has 2 aliphatic rings. The normalized spacial score (nSPS) is 17.8. The molecule has 0 saturated carbocycles. The number of ether oxygens (including phenoxy) is 1. The minimum absolute atomic E-state index is 0.215. The molecule has 0 radical (unpaired) electrons. The number of benzene rings is 1. The Bertz CT molecular complexity index is 796. The lowest BCUT2D eigenvalue weighted by Crippen LogP contribution is -2.62. The van der Waals surface area contributed by atoms with Crippen LogP contribution in [-0.4, -0.2) is 68.4 Å². The summed E-state index contributed by atoms with van der Waals surface area (Å²) in [6.45, 7) is 0.324. The molecule has 0 unspecified atom stereocenters.